The molecule has 31 heavy (non-hydrogen) atoms. The molecule has 0 saturated carbocycles. The van der Waals surface area contributed by atoms with Crippen molar-refractivity contribution in [2.45, 2.75) is 72.8 Å². The molecule has 1 fully saturated rings. The second-order valence-electron chi connectivity index (χ2n) is 8.02. The molecule has 5 heteroatoms. The molecule has 2 aromatic rings. The summed E-state index contributed by atoms with van der Waals surface area (Å²) in [5.41, 5.74) is 1.36. The molecule has 1 aliphatic heterocycles. The number of hydrogen-bond acceptors (Lipinski definition) is 4. The van der Waals surface area contributed by atoms with Crippen LogP contribution in [-0.4, -0.2) is 42.8 Å². The van der Waals surface area contributed by atoms with Crippen LogP contribution in [-0.2, 0) is 9.47 Å². The predicted octanol–water partition coefficient (Wildman–Crippen LogP) is 6.79. The molecule has 0 radical (unpaired) electrons. The zero-order valence-corrected chi connectivity index (χ0v) is 20.5. The first-order chi connectivity index (χ1) is 14.8. The van der Waals surface area contributed by atoms with Gasteiger partial charge in [-0.1, -0.05) is 52.0 Å². The van der Waals surface area contributed by atoms with E-state index in [-0.39, 0.29) is 12.1 Å². The minimum absolute atomic E-state index is 0.235. The van der Waals surface area contributed by atoms with Crippen LogP contribution in [0.5, 0.6) is 0 Å². The fraction of sp³-hybridized carbons (Fsp3) is 0.538. The number of rotatable bonds is 2. The van der Waals surface area contributed by atoms with E-state index in [1.807, 2.05) is 78.8 Å². The molecular weight excluding hydrogens is 390 g/mol. The van der Waals surface area contributed by atoms with E-state index in [4.69, 9.17) is 9.47 Å². The highest BCUT2D eigenvalue weighted by molar-refractivity contribution is 5.96. The number of amides is 1. The maximum atomic E-state index is 12.3. The van der Waals surface area contributed by atoms with Crippen LogP contribution in [0.15, 0.2) is 36.4 Å². The van der Waals surface area contributed by atoms with Crippen LogP contribution in [0.3, 0.4) is 0 Å². The summed E-state index contributed by atoms with van der Waals surface area (Å²) in [6, 6.07) is 11.9. The van der Waals surface area contributed by atoms with Crippen molar-refractivity contribution in [3.05, 3.63) is 47.5 Å². The van der Waals surface area contributed by atoms with Gasteiger partial charge in [-0.15, -0.1) is 0 Å². The molecule has 0 aromatic heterocycles. The lowest BCUT2D eigenvalue weighted by Gasteiger charge is -2.34. The average Bonchev–Trinajstić information content (AvgIpc) is 2.79. The maximum Gasteiger partial charge on any atom is 0.410 e. The fourth-order valence-corrected chi connectivity index (χ4v) is 3.61. The highest BCUT2D eigenvalue weighted by Crippen LogP contribution is 2.34. The van der Waals surface area contributed by atoms with Crippen LogP contribution in [0.25, 0.3) is 10.8 Å². The Bertz CT molecular complexity index is 846. The van der Waals surface area contributed by atoms with Crippen molar-refractivity contribution in [3.63, 3.8) is 0 Å². The minimum atomic E-state index is -0.471. The van der Waals surface area contributed by atoms with Crippen molar-refractivity contribution in [2.24, 2.45) is 0 Å². The third-order valence-electron chi connectivity index (χ3n) is 4.92. The Balaban J connectivity index is 0.00000113. The average molecular weight is 430 g/mol. The Morgan fingerprint density at radius 3 is 2.13 bits per heavy atom. The third-order valence-corrected chi connectivity index (χ3v) is 4.92. The highest BCUT2D eigenvalue weighted by Gasteiger charge is 2.28. The van der Waals surface area contributed by atoms with Crippen molar-refractivity contribution in [1.29, 1.82) is 0 Å². The number of methoxy groups -OCH3 is 1. The molecule has 3 rings (SSSR count). The van der Waals surface area contributed by atoms with Gasteiger partial charge in [-0.3, -0.25) is 0 Å². The van der Waals surface area contributed by atoms with Crippen LogP contribution in [0.4, 0.5) is 4.79 Å². The first kappa shape index (κ1) is 26.5. The number of benzene rings is 2. The number of carbonyl (C=O) groups is 2. The van der Waals surface area contributed by atoms with Crippen molar-refractivity contribution < 1.29 is 19.1 Å². The Kier molecular flexibility index (Phi) is 10.5. The lowest BCUT2D eigenvalue weighted by atomic mass is 9.86. The van der Waals surface area contributed by atoms with Crippen molar-refractivity contribution in [2.75, 3.05) is 20.2 Å². The van der Waals surface area contributed by atoms with Crippen LogP contribution < -0.4 is 0 Å². The van der Waals surface area contributed by atoms with E-state index in [1.54, 1.807) is 4.90 Å². The summed E-state index contributed by atoms with van der Waals surface area (Å²) in [5, 5.41) is 2.19. The van der Waals surface area contributed by atoms with E-state index in [0.29, 0.717) is 24.6 Å². The van der Waals surface area contributed by atoms with Crippen molar-refractivity contribution in [3.8, 4) is 0 Å². The van der Waals surface area contributed by atoms with E-state index in [9.17, 15) is 9.59 Å². The normalized spacial score (nSPS) is 14.0. The van der Waals surface area contributed by atoms with Gasteiger partial charge in [0.05, 0.1) is 12.7 Å². The number of hydrogen-bond donors (Lipinski definition) is 0. The van der Waals surface area contributed by atoms with E-state index < -0.39 is 5.60 Å². The molecule has 172 valence electrons. The Labute approximate surface area is 187 Å². The first-order valence-electron chi connectivity index (χ1n) is 11.4. The number of piperidine rings is 1. The Morgan fingerprint density at radius 1 is 0.968 bits per heavy atom. The van der Waals surface area contributed by atoms with Gasteiger partial charge in [0, 0.05) is 13.1 Å². The molecule has 1 saturated heterocycles. The van der Waals surface area contributed by atoms with E-state index in [1.165, 1.54) is 12.7 Å². The molecule has 0 N–H and O–H groups in total. The summed E-state index contributed by atoms with van der Waals surface area (Å²) in [6.45, 7) is 15.0. The molecule has 0 bridgehead atoms. The summed E-state index contributed by atoms with van der Waals surface area (Å²) in [4.78, 5) is 25.8. The number of fused-ring (bicyclic) bond motifs is 1. The third kappa shape index (κ3) is 7.27. The first-order valence-corrected chi connectivity index (χ1v) is 11.4. The zero-order chi connectivity index (χ0) is 23.6. The van der Waals surface area contributed by atoms with Gasteiger partial charge in [-0.05, 0) is 68.0 Å². The van der Waals surface area contributed by atoms with Gasteiger partial charge in [-0.25, -0.2) is 9.59 Å². The van der Waals surface area contributed by atoms with Gasteiger partial charge >= 0.3 is 12.1 Å². The van der Waals surface area contributed by atoms with Gasteiger partial charge in [0.25, 0.3) is 0 Å². The van der Waals surface area contributed by atoms with Crippen molar-refractivity contribution >= 4 is 22.8 Å². The van der Waals surface area contributed by atoms with Gasteiger partial charge in [-0.2, -0.15) is 0 Å². The molecule has 0 aliphatic carbocycles. The molecule has 0 spiro atoms. The van der Waals surface area contributed by atoms with E-state index >= 15 is 0 Å². The van der Waals surface area contributed by atoms with Crippen molar-refractivity contribution in [1.82, 2.24) is 4.90 Å². The number of ether oxygens (including phenoxy) is 2. The molecule has 1 heterocycles. The highest BCUT2D eigenvalue weighted by atomic mass is 16.6. The Hall–Kier alpha value is -2.56. The predicted molar refractivity (Wildman–Crippen MR) is 128 cm³/mol. The maximum absolute atomic E-state index is 12.3. The summed E-state index contributed by atoms with van der Waals surface area (Å²) in [6.07, 6.45) is 1.57. The zero-order valence-electron chi connectivity index (χ0n) is 20.5. The molecule has 0 unspecified atom stereocenters. The Morgan fingerprint density at radius 2 is 1.58 bits per heavy atom. The molecule has 1 aliphatic rings. The second-order valence-corrected chi connectivity index (χ2v) is 8.02. The number of esters is 1. The van der Waals surface area contributed by atoms with Crippen LogP contribution in [0, 0.1) is 0 Å². The summed E-state index contributed by atoms with van der Waals surface area (Å²) < 4.78 is 10.3. The minimum Gasteiger partial charge on any atom is -0.465 e. The lowest BCUT2D eigenvalue weighted by Crippen LogP contribution is -2.41. The number of carbonyl (C=O) groups excluding carboxylic acids is 2. The van der Waals surface area contributed by atoms with Gasteiger partial charge in [0.2, 0.25) is 0 Å². The van der Waals surface area contributed by atoms with Crippen LogP contribution in [0.2, 0.25) is 0 Å². The quantitative estimate of drug-likeness (QED) is 0.493. The van der Waals surface area contributed by atoms with E-state index in [0.717, 1.165) is 23.6 Å². The standard InChI is InChI=1S/C22H27NO4.2C2H6/c1-22(2,3)27-21(25)23-12-10-15(11-13-23)18-7-5-6-16-14-17(20(24)26-4)8-9-19(16)18;2*1-2/h5-9,14-15H,10-13H2,1-4H3;2*1-2H3. The fourth-order valence-electron chi connectivity index (χ4n) is 3.61. The second kappa shape index (κ2) is 12.3. The molecule has 0 atom stereocenters. The summed E-state index contributed by atoms with van der Waals surface area (Å²) in [5.74, 6) is 0.0596. The van der Waals surface area contributed by atoms with Crippen LogP contribution >= 0.6 is 0 Å². The number of likely N-dealkylation sites (tertiary alicyclic amines) is 1. The molecule has 2 aromatic carbocycles. The van der Waals surface area contributed by atoms with Gasteiger partial charge in [0.15, 0.2) is 0 Å². The molecular formula is C26H39NO4. The largest absolute Gasteiger partial charge is 0.465 e. The summed E-state index contributed by atoms with van der Waals surface area (Å²) in [7, 11) is 1.39. The lowest BCUT2D eigenvalue weighted by molar-refractivity contribution is 0.0205. The number of nitrogens with zero attached hydrogens (tertiary/aromatic N) is 1. The van der Waals surface area contributed by atoms with Crippen LogP contribution in [0.1, 0.15) is 83.1 Å². The molecule has 5 nitrogen and oxygen atoms in total. The molecule has 1 amide bonds. The van der Waals surface area contributed by atoms with Gasteiger partial charge < -0.3 is 14.4 Å². The topological polar surface area (TPSA) is 55.8 Å². The monoisotopic (exact) mass is 429 g/mol. The SMILES string of the molecule is CC.CC.COC(=O)c1ccc2c(C3CCN(C(=O)OC(C)(C)C)CC3)cccc2c1. The van der Waals surface area contributed by atoms with E-state index in [2.05, 4.69) is 6.07 Å². The van der Waals surface area contributed by atoms with Gasteiger partial charge in [0.1, 0.15) is 5.60 Å². The smallest absolute Gasteiger partial charge is 0.410 e. The summed E-state index contributed by atoms with van der Waals surface area (Å²) >= 11 is 0.